The first kappa shape index (κ1) is 16.8. The van der Waals surface area contributed by atoms with Gasteiger partial charge in [-0.25, -0.2) is 8.42 Å². The Morgan fingerprint density at radius 3 is 2.43 bits per heavy atom. The van der Waals surface area contributed by atoms with Gasteiger partial charge in [-0.05, 0) is 37.3 Å². The highest BCUT2D eigenvalue weighted by Gasteiger charge is 2.19. The molecule has 7 heteroatoms. The molecule has 1 amide bonds. The van der Waals surface area contributed by atoms with Gasteiger partial charge in [-0.1, -0.05) is 18.2 Å². The van der Waals surface area contributed by atoms with Crippen LogP contribution in [0.1, 0.15) is 17.3 Å². The Morgan fingerprint density at radius 2 is 1.83 bits per heavy atom. The van der Waals surface area contributed by atoms with Gasteiger partial charge in [0.1, 0.15) is 5.75 Å². The summed E-state index contributed by atoms with van der Waals surface area (Å²) >= 11 is 0. The number of para-hydroxylation sites is 1. The van der Waals surface area contributed by atoms with Crippen molar-refractivity contribution in [2.24, 2.45) is 0 Å². The van der Waals surface area contributed by atoms with E-state index >= 15 is 0 Å². The van der Waals surface area contributed by atoms with Gasteiger partial charge in [-0.2, -0.15) is 0 Å². The fourth-order valence-electron chi connectivity index (χ4n) is 2.01. The zero-order chi connectivity index (χ0) is 16.9. The topological polar surface area (TPSA) is 84.5 Å². The van der Waals surface area contributed by atoms with Crippen molar-refractivity contribution in [2.75, 3.05) is 18.4 Å². The Bertz CT molecular complexity index is 789. The second kappa shape index (κ2) is 7.15. The summed E-state index contributed by atoms with van der Waals surface area (Å²) in [5.41, 5.74) is 0.619. The maximum Gasteiger partial charge on any atom is 0.261 e. The van der Waals surface area contributed by atoms with E-state index in [1.807, 2.05) is 0 Å². The first-order chi connectivity index (χ1) is 11.0. The molecule has 6 nitrogen and oxygen atoms in total. The monoisotopic (exact) mass is 334 g/mol. The van der Waals surface area contributed by atoms with Crippen molar-refractivity contribution in [1.29, 1.82) is 0 Å². The molecule has 0 spiro atoms. The lowest BCUT2D eigenvalue weighted by Gasteiger charge is -2.12. The van der Waals surface area contributed by atoms with Crippen molar-refractivity contribution >= 4 is 21.6 Å². The van der Waals surface area contributed by atoms with Crippen LogP contribution in [0.5, 0.6) is 5.75 Å². The van der Waals surface area contributed by atoms with E-state index < -0.39 is 10.0 Å². The quantitative estimate of drug-likeness (QED) is 0.848. The van der Waals surface area contributed by atoms with Gasteiger partial charge in [0.05, 0.1) is 17.6 Å². The lowest BCUT2D eigenvalue weighted by molar-refractivity contribution is 0.0952. The molecule has 0 aromatic heterocycles. The standard InChI is InChI=1S/C16H18N2O4S/c1-3-17-16(19)14-11-13(9-10-15(14)22-2)23(20,21)18-12-7-5-4-6-8-12/h4-11,18H,3H2,1-2H3,(H,17,19). The van der Waals surface area contributed by atoms with Gasteiger partial charge >= 0.3 is 0 Å². The van der Waals surface area contributed by atoms with Gasteiger partial charge < -0.3 is 10.1 Å². The number of methoxy groups -OCH3 is 1. The largest absolute Gasteiger partial charge is 0.496 e. The van der Waals surface area contributed by atoms with Crippen LogP contribution in [0.2, 0.25) is 0 Å². The number of carbonyl (C=O) groups excluding carboxylic acids is 1. The van der Waals surface area contributed by atoms with Crippen LogP contribution in [0, 0.1) is 0 Å². The predicted octanol–water partition coefficient (Wildman–Crippen LogP) is 2.25. The van der Waals surface area contributed by atoms with Crippen molar-refractivity contribution in [2.45, 2.75) is 11.8 Å². The fraction of sp³-hybridized carbons (Fsp3) is 0.188. The van der Waals surface area contributed by atoms with E-state index in [1.54, 1.807) is 37.3 Å². The van der Waals surface area contributed by atoms with E-state index in [4.69, 9.17) is 4.74 Å². The van der Waals surface area contributed by atoms with Crippen LogP contribution in [0.15, 0.2) is 53.4 Å². The van der Waals surface area contributed by atoms with Crippen molar-refractivity contribution < 1.29 is 17.9 Å². The molecule has 23 heavy (non-hydrogen) atoms. The van der Waals surface area contributed by atoms with Crippen LogP contribution in [0.4, 0.5) is 5.69 Å². The number of hydrogen-bond donors (Lipinski definition) is 2. The minimum Gasteiger partial charge on any atom is -0.496 e. The SMILES string of the molecule is CCNC(=O)c1cc(S(=O)(=O)Nc2ccccc2)ccc1OC. The Hall–Kier alpha value is -2.54. The van der Waals surface area contributed by atoms with Gasteiger partial charge in [0.15, 0.2) is 0 Å². The molecule has 2 N–H and O–H groups in total. The lowest BCUT2D eigenvalue weighted by Crippen LogP contribution is -2.24. The molecule has 0 atom stereocenters. The number of amides is 1. The predicted molar refractivity (Wildman–Crippen MR) is 88.3 cm³/mol. The van der Waals surface area contributed by atoms with Gasteiger partial charge in [-0.15, -0.1) is 0 Å². The van der Waals surface area contributed by atoms with Crippen molar-refractivity contribution in [3.8, 4) is 5.75 Å². The third kappa shape index (κ3) is 4.01. The Labute approximate surface area is 135 Å². The van der Waals surface area contributed by atoms with Crippen LogP contribution in [0.25, 0.3) is 0 Å². The molecule has 0 unspecified atom stereocenters. The molecule has 0 aliphatic rings. The molecular formula is C16H18N2O4S. The summed E-state index contributed by atoms with van der Waals surface area (Å²) in [5, 5.41) is 2.63. The number of benzene rings is 2. The molecule has 2 rings (SSSR count). The van der Waals surface area contributed by atoms with Crippen LogP contribution < -0.4 is 14.8 Å². The molecule has 0 aliphatic heterocycles. The summed E-state index contributed by atoms with van der Waals surface area (Å²) in [6.07, 6.45) is 0. The van der Waals surface area contributed by atoms with Crippen molar-refractivity contribution in [3.05, 3.63) is 54.1 Å². The summed E-state index contributed by atoms with van der Waals surface area (Å²) in [4.78, 5) is 12.0. The second-order valence-electron chi connectivity index (χ2n) is 4.69. The molecule has 0 heterocycles. The summed E-state index contributed by atoms with van der Waals surface area (Å²) in [6, 6.07) is 12.7. The summed E-state index contributed by atoms with van der Waals surface area (Å²) < 4.78 is 32.5. The number of nitrogens with one attached hydrogen (secondary N) is 2. The van der Waals surface area contributed by atoms with Gasteiger partial charge in [0.2, 0.25) is 0 Å². The van der Waals surface area contributed by atoms with Crippen LogP contribution in [0.3, 0.4) is 0 Å². The highest BCUT2D eigenvalue weighted by atomic mass is 32.2. The highest BCUT2D eigenvalue weighted by Crippen LogP contribution is 2.24. The molecule has 0 fully saturated rings. The average molecular weight is 334 g/mol. The Kier molecular flexibility index (Phi) is 5.23. The first-order valence-corrected chi connectivity index (χ1v) is 8.50. The molecule has 0 aliphatic carbocycles. The number of ether oxygens (including phenoxy) is 1. The molecule has 0 saturated heterocycles. The van der Waals surface area contributed by atoms with E-state index in [0.29, 0.717) is 18.0 Å². The number of hydrogen-bond acceptors (Lipinski definition) is 4. The smallest absolute Gasteiger partial charge is 0.261 e. The van der Waals surface area contributed by atoms with Crippen molar-refractivity contribution in [3.63, 3.8) is 0 Å². The van der Waals surface area contributed by atoms with Crippen LogP contribution >= 0.6 is 0 Å². The third-order valence-corrected chi connectivity index (χ3v) is 4.47. The highest BCUT2D eigenvalue weighted by molar-refractivity contribution is 7.92. The third-order valence-electron chi connectivity index (χ3n) is 3.09. The molecule has 0 radical (unpaired) electrons. The average Bonchev–Trinajstić information content (AvgIpc) is 2.55. The molecule has 0 bridgehead atoms. The lowest BCUT2D eigenvalue weighted by atomic mass is 10.2. The second-order valence-corrected chi connectivity index (χ2v) is 6.38. The zero-order valence-electron chi connectivity index (χ0n) is 12.9. The number of carbonyl (C=O) groups is 1. The minimum atomic E-state index is -3.79. The Morgan fingerprint density at radius 1 is 1.13 bits per heavy atom. The van der Waals surface area contributed by atoms with Gasteiger partial charge in [0, 0.05) is 12.2 Å². The number of anilines is 1. The number of sulfonamides is 1. The molecule has 2 aromatic rings. The van der Waals surface area contributed by atoms with E-state index in [-0.39, 0.29) is 16.4 Å². The van der Waals surface area contributed by atoms with E-state index in [9.17, 15) is 13.2 Å². The van der Waals surface area contributed by atoms with E-state index in [1.165, 1.54) is 25.3 Å². The zero-order valence-corrected chi connectivity index (χ0v) is 13.7. The van der Waals surface area contributed by atoms with Crippen LogP contribution in [-0.2, 0) is 10.0 Å². The minimum absolute atomic E-state index is 0.0107. The normalized spacial score (nSPS) is 10.9. The molecule has 2 aromatic carbocycles. The summed E-state index contributed by atoms with van der Waals surface area (Å²) in [5.74, 6) is -0.0734. The molecule has 0 saturated carbocycles. The maximum atomic E-state index is 12.5. The maximum absolute atomic E-state index is 12.5. The molecule has 122 valence electrons. The van der Waals surface area contributed by atoms with Gasteiger partial charge in [0.25, 0.3) is 15.9 Å². The van der Waals surface area contributed by atoms with Crippen molar-refractivity contribution in [1.82, 2.24) is 5.32 Å². The van der Waals surface area contributed by atoms with E-state index in [0.717, 1.165) is 0 Å². The van der Waals surface area contributed by atoms with Crippen LogP contribution in [-0.4, -0.2) is 28.0 Å². The van der Waals surface area contributed by atoms with Gasteiger partial charge in [-0.3, -0.25) is 9.52 Å². The Balaban J connectivity index is 2.39. The van der Waals surface area contributed by atoms with E-state index in [2.05, 4.69) is 10.0 Å². The summed E-state index contributed by atoms with van der Waals surface area (Å²) in [6.45, 7) is 2.21. The fourth-order valence-corrected chi connectivity index (χ4v) is 3.09. The first-order valence-electron chi connectivity index (χ1n) is 7.02. The summed E-state index contributed by atoms with van der Waals surface area (Å²) in [7, 11) is -2.37. The number of rotatable bonds is 6. The molecular weight excluding hydrogens is 316 g/mol.